The molecule has 1 fully saturated rings. The molecular weight excluding hydrogens is 612 g/mol. The number of likely N-dealkylation sites (N-methyl/N-ethyl adjacent to an activating group) is 1. The highest BCUT2D eigenvalue weighted by atomic mass is 35.5. The molecule has 47 heavy (non-hydrogen) atoms. The van der Waals surface area contributed by atoms with E-state index < -0.39 is 17.5 Å². The van der Waals surface area contributed by atoms with Gasteiger partial charge >= 0.3 is 0 Å². The molecule has 1 saturated carbocycles. The van der Waals surface area contributed by atoms with Gasteiger partial charge in [0.2, 0.25) is 11.8 Å². The molecule has 4 N–H and O–H groups in total. The molecule has 2 aliphatic rings. The second kappa shape index (κ2) is 23.4. The predicted octanol–water partition coefficient (Wildman–Crippen LogP) is 7.57. The smallest absolute Gasteiger partial charge is 0.252 e. The van der Waals surface area contributed by atoms with E-state index in [1.807, 2.05) is 91.8 Å². The Morgan fingerprint density at radius 1 is 1.11 bits per heavy atom. The molecule has 1 spiro atoms. The Labute approximate surface area is 290 Å². The lowest BCUT2D eigenvalue weighted by Gasteiger charge is -2.37. The number of rotatable bonds is 12. The van der Waals surface area contributed by atoms with Crippen LogP contribution in [0.3, 0.4) is 0 Å². The Hall–Kier alpha value is -2.94. The van der Waals surface area contributed by atoms with E-state index in [4.69, 9.17) is 22.1 Å². The number of carbonyl (C=O) groups is 3. The Kier molecular flexibility index (Phi) is 21.9. The van der Waals surface area contributed by atoms with E-state index in [0.29, 0.717) is 26.1 Å². The Balaban J connectivity index is 0.00000241. The molecule has 1 unspecified atom stereocenters. The molecule has 1 aliphatic heterocycles. The van der Waals surface area contributed by atoms with Gasteiger partial charge in [0.1, 0.15) is 6.04 Å². The molecule has 0 aromatic heterocycles. The molecule has 3 rings (SSSR count). The van der Waals surface area contributed by atoms with E-state index in [1.54, 1.807) is 24.8 Å². The number of nitrogens with two attached hydrogens (primary N) is 1. The van der Waals surface area contributed by atoms with Crippen molar-refractivity contribution in [1.82, 2.24) is 15.5 Å². The molecule has 1 aliphatic carbocycles. The van der Waals surface area contributed by atoms with Crippen molar-refractivity contribution < 1.29 is 19.1 Å². The quantitative estimate of drug-likeness (QED) is 0.212. The molecule has 0 saturated heterocycles. The summed E-state index contributed by atoms with van der Waals surface area (Å²) in [5.74, 6) is -0.648. The van der Waals surface area contributed by atoms with Gasteiger partial charge in [0.05, 0.1) is 24.3 Å². The molecule has 1 atom stereocenters. The third-order valence-electron chi connectivity index (χ3n) is 8.03. The van der Waals surface area contributed by atoms with E-state index in [2.05, 4.69) is 10.6 Å². The molecule has 9 heteroatoms. The van der Waals surface area contributed by atoms with Crippen molar-refractivity contribution >= 4 is 29.3 Å². The van der Waals surface area contributed by atoms with Gasteiger partial charge in [-0.15, -0.1) is 0 Å². The van der Waals surface area contributed by atoms with Crippen molar-refractivity contribution in [2.45, 2.75) is 131 Å². The summed E-state index contributed by atoms with van der Waals surface area (Å²) in [4.78, 5) is 41.4. The van der Waals surface area contributed by atoms with Crippen molar-refractivity contribution in [3.8, 4) is 0 Å². The van der Waals surface area contributed by atoms with Crippen LogP contribution in [0.1, 0.15) is 113 Å². The Morgan fingerprint density at radius 2 is 1.68 bits per heavy atom. The van der Waals surface area contributed by atoms with Gasteiger partial charge in [-0.1, -0.05) is 101 Å². The van der Waals surface area contributed by atoms with E-state index in [-0.39, 0.29) is 24.0 Å². The highest BCUT2D eigenvalue weighted by Crippen LogP contribution is 2.43. The van der Waals surface area contributed by atoms with Gasteiger partial charge in [0, 0.05) is 18.7 Å². The van der Waals surface area contributed by atoms with Crippen LogP contribution in [-0.2, 0) is 25.7 Å². The second-order valence-corrected chi connectivity index (χ2v) is 12.0. The second-order valence-electron chi connectivity index (χ2n) is 11.8. The zero-order valence-electron chi connectivity index (χ0n) is 30.8. The molecular formula is C38H63ClN4O4. The number of carbonyl (C=O) groups excluding carboxylic acids is 3. The third kappa shape index (κ3) is 14.0. The van der Waals surface area contributed by atoms with Gasteiger partial charge in [0.25, 0.3) is 5.91 Å². The lowest BCUT2D eigenvalue weighted by Crippen LogP contribution is -2.58. The van der Waals surface area contributed by atoms with Gasteiger partial charge in [-0.05, 0) is 83.0 Å². The standard InChI is InChI=1S/C31H46N4O4.C3H5Cl.2C2H6/c1-6-22(3)26-24(31(34-27(26)36)17-12-9-13-18-31)16-19-35(7-2)28(37)25(33-29(38)30(4,5)32)21-39-20-23-14-10-8-11-15-23;1-2-3-4;2*1-2/h6,8,10-11,14-15,25H,7,9,12-13,16-21,32H2,1-5H3,(H,33,38)(H,34,36);2-3H,1H3;2*1-2H3/b22-6+;3-2+;;. The number of benzene rings is 1. The summed E-state index contributed by atoms with van der Waals surface area (Å²) >= 11 is 5.01. The average molecular weight is 675 g/mol. The van der Waals surface area contributed by atoms with Crippen molar-refractivity contribution in [3.63, 3.8) is 0 Å². The van der Waals surface area contributed by atoms with Crippen LogP contribution in [0.2, 0.25) is 0 Å². The summed E-state index contributed by atoms with van der Waals surface area (Å²) in [6.45, 7) is 20.2. The van der Waals surface area contributed by atoms with Crippen LogP contribution >= 0.6 is 11.6 Å². The van der Waals surface area contributed by atoms with Crippen LogP contribution in [0.25, 0.3) is 0 Å². The minimum atomic E-state index is -1.14. The molecule has 0 bridgehead atoms. The molecule has 1 aromatic rings. The zero-order chi connectivity index (χ0) is 36.0. The summed E-state index contributed by atoms with van der Waals surface area (Å²) in [6.07, 6.45) is 9.49. The average Bonchev–Trinajstić information content (AvgIpc) is 3.35. The maximum Gasteiger partial charge on any atom is 0.252 e. The van der Waals surface area contributed by atoms with Gasteiger partial charge in [-0.3, -0.25) is 14.4 Å². The summed E-state index contributed by atoms with van der Waals surface area (Å²) in [5.41, 5.74) is 9.85. The van der Waals surface area contributed by atoms with Crippen molar-refractivity contribution in [3.05, 3.63) is 70.3 Å². The van der Waals surface area contributed by atoms with Crippen LogP contribution in [0, 0.1) is 0 Å². The van der Waals surface area contributed by atoms with Crippen LogP contribution in [-0.4, -0.2) is 59.4 Å². The summed E-state index contributed by atoms with van der Waals surface area (Å²) in [5, 5.41) is 6.13. The largest absolute Gasteiger partial charge is 0.374 e. The first kappa shape index (κ1) is 44.1. The number of allylic oxidation sites excluding steroid dienone is 2. The van der Waals surface area contributed by atoms with Gasteiger partial charge in [0.15, 0.2) is 0 Å². The summed E-state index contributed by atoms with van der Waals surface area (Å²) < 4.78 is 5.88. The predicted molar refractivity (Wildman–Crippen MR) is 197 cm³/mol. The lowest BCUT2D eigenvalue weighted by molar-refractivity contribution is -0.139. The number of nitrogens with one attached hydrogen (secondary N) is 2. The van der Waals surface area contributed by atoms with Crippen molar-refractivity contribution in [2.24, 2.45) is 5.73 Å². The van der Waals surface area contributed by atoms with Crippen molar-refractivity contribution in [2.75, 3.05) is 19.7 Å². The highest BCUT2D eigenvalue weighted by Gasteiger charge is 2.45. The van der Waals surface area contributed by atoms with E-state index >= 15 is 0 Å². The first-order chi connectivity index (χ1) is 22.4. The van der Waals surface area contributed by atoms with Gasteiger partial charge in [-0.2, -0.15) is 0 Å². The fourth-order valence-corrected chi connectivity index (χ4v) is 5.52. The third-order valence-corrected chi connectivity index (χ3v) is 8.28. The number of ether oxygens (including phenoxy) is 1. The van der Waals surface area contributed by atoms with Crippen LogP contribution in [0.5, 0.6) is 0 Å². The highest BCUT2D eigenvalue weighted by molar-refractivity contribution is 6.25. The van der Waals surface area contributed by atoms with Gasteiger partial charge in [-0.25, -0.2) is 0 Å². The first-order valence-electron chi connectivity index (χ1n) is 17.3. The molecule has 0 radical (unpaired) electrons. The van der Waals surface area contributed by atoms with E-state index in [1.165, 1.54) is 12.0 Å². The maximum absolute atomic E-state index is 13.8. The topological polar surface area (TPSA) is 114 Å². The minimum Gasteiger partial charge on any atom is -0.374 e. The van der Waals surface area contributed by atoms with E-state index in [9.17, 15) is 14.4 Å². The monoisotopic (exact) mass is 674 g/mol. The molecule has 266 valence electrons. The zero-order valence-corrected chi connectivity index (χ0v) is 31.6. The van der Waals surface area contributed by atoms with Crippen LogP contribution < -0.4 is 16.4 Å². The fraction of sp³-hybridized carbons (Fsp3) is 0.605. The number of nitrogens with zero attached hydrogens (tertiary/aromatic N) is 1. The summed E-state index contributed by atoms with van der Waals surface area (Å²) in [7, 11) is 0. The number of amides is 3. The van der Waals surface area contributed by atoms with Gasteiger partial charge < -0.3 is 26.0 Å². The van der Waals surface area contributed by atoms with Crippen molar-refractivity contribution in [1.29, 1.82) is 0 Å². The van der Waals surface area contributed by atoms with Crippen LogP contribution in [0.4, 0.5) is 0 Å². The molecule has 8 nitrogen and oxygen atoms in total. The SMILES string of the molecule is C/C=C(\C)C1=C(CCN(CC)C(=O)C(COCc2ccccc2)NC(=O)C(C)(C)N)C2(CCCCC2)NC1=O.C/C=C/Cl.CC.CC. The van der Waals surface area contributed by atoms with E-state index in [0.717, 1.165) is 48.0 Å². The first-order valence-corrected chi connectivity index (χ1v) is 17.8. The fourth-order valence-electron chi connectivity index (χ4n) is 5.52. The maximum atomic E-state index is 13.8. The molecule has 1 heterocycles. The lowest BCUT2D eigenvalue weighted by atomic mass is 9.75. The normalized spacial score (nSPS) is 16.2. The summed E-state index contributed by atoms with van der Waals surface area (Å²) in [6, 6.07) is 8.82. The van der Waals surface area contributed by atoms with Crippen LogP contribution in [0.15, 0.2) is 64.7 Å². The number of halogens is 1. The Bertz CT molecular complexity index is 1160. The Morgan fingerprint density at radius 3 is 2.17 bits per heavy atom. The molecule has 3 amide bonds. The number of hydrogen-bond donors (Lipinski definition) is 3. The minimum absolute atomic E-state index is 0.0125. The number of hydrogen-bond acceptors (Lipinski definition) is 5. The molecule has 1 aromatic carbocycles.